The minimum absolute atomic E-state index is 0.137. The van der Waals surface area contributed by atoms with E-state index in [0.29, 0.717) is 57.2 Å². The number of morpholine rings is 1. The van der Waals surface area contributed by atoms with Crippen molar-refractivity contribution in [3.63, 3.8) is 0 Å². The van der Waals surface area contributed by atoms with E-state index in [1.165, 1.54) is 17.5 Å². The van der Waals surface area contributed by atoms with Gasteiger partial charge in [0.1, 0.15) is 18.1 Å². The molecule has 0 saturated carbocycles. The van der Waals surface area contributed by atoms with E-state index >= 15 is 0 Å². The molecule has 0 radical (unpaired) electrons. The van der Waals surface area contributed by atoms with Crippen LogP contribution in [0, 0.1) is 6.92 Å². The van der Waals surface area contributed by atoms with Gasteiger partial charge in [0.05, 0.1) is 31.8 Å². The number of hydrogen-bond donors (Lipinski definition) is 1. The summed E-state index contributed by atoms with van der Waals surface area (Å²) in [5, 5.41) is 2.83. The fraction of sp³-hybridized carbons (Fsp3) is 0.435. The summed E-state index contributed by atoms with van der Waals surface area (Å²) in [6, 6.07) is 12.5. The van der Waals surface area contributed by atoms with Crippen LogP contribution in [0.1, 0.15) is 17.5 Å². The highest BCUT2D eigenvalue weighted by Gasteiger charge is 2.27. The zero-order valence-electron chi connectivity index (χ0n) is 18.5. The summed E-state index contributed by atoms with van der Waals surface area (Å²) in [4.78, 5) is 12.5. The number of amides is 1. The predicted octanol–water partition coefficient (Wildman–Crippen LogP) is 2.15. The molecule has 0 spiro atoms. The molecule has 32 heavy (non-hydrogen) atoms. The number of nitrogens with one attached hydrogen (secondary N) is 1. The highest BCUT2D eigenvalue weighted by Crippen LogP contribution is 2.26. The molecule has 2 aromatic carbocycles. The van der Waals surface area contributed by atoms with Crippen LogP contribution in [0.4, 0.5) is 0 Å². The number of benzene rings is 2. The number of carbonyl (C=O) groups excluding carboxylic acids is 1. The van der Waals surface area contributed by atoms with E-state index in [2.05, 4.69) is 5.32 Å². The van der Waals surface area contributed by atoms with E-state index in [4.69, 9.17) is 14.2 Å². The molecule has 8 nitrogen and oxygen atoms in total. The normalized spacial score (nSPS) is 14.7. The quantitative estimate of drug-likeness (QED) is 0.544. The Labute approximate surface area is 189 Å². The minimum Gasteiger partial charge on any atom is -0.496 e. The third kappa shape index (κ3) is 6.21. The molecular weight excluding hydrogens is 432 g/mol. The fourth-order valence-corrected chi connectivity index (χ4v) is 4.91. The predicted molar refractivity (Wildman–Crippen MR) is 121 cm³/mol. The third-order valence-corrected chi connectivity index (χ3v) is 7.15. The second-order valence-corrected chi connectivity index (χ2v) is 9.39. The zero-order valence-corrected chi connectivity index (χ0v) is 19.3. The van der Waals surface area contributed by atoms with Crippen LogP contribution in [0.2, 0.25) is 0 Å². The maximum atomic E-state index is 12.9. The van der Waals surface area contributed by atoms with Crippen molar-refractivity contribution in [2.75, 3.05) is 46.6 Å². The van der Waals surface area contributed by atoms with Crippen LogP contribution < -0.4 is 14.8 Å². The number of rotatable bonds is 10. The molecule has 0 aromatic heterocycles. The number of methoxy groups -OCH3 is 1. The Hall–Kier alpha value is -2.62. The van der Waals surface area contributed by atoms with E-state index in [-0.39, 0.29) is 17.2 Å². The molecule has 174 valence electrons. The molecule has 1 N–H and O–H groups in total. The first kappa shape index (κ1) is 24.0. The van der Waals surface area contributed by atoms with Crippen LogP contribution in [-0.4, -0.2) is 65.2 Å². The smallest absolute Gasteiger partial charge is 0.243 e. The molecule has 3 rings (SSSR count). The van der Waals surface area contributed by atoms with Crippen LogP contribution >= 0.6 is 0 Å². The third-order valence-electron chi connectivity index (χ3n) is 5.26. The molecule has 1 aliphatic rings. The van der Waals surface area contributed by atoms with E-state index in [0.717, 1.165) is 11.3 Å². The maximum absolute atomic E-state index is 12.9. The molecule has 1 saturated heterocycles. The molecule has 0 atom stereocenters. The van der Waals surface area contributed by atoms with Gasteiger partial charge in [0.2, 0.25) is 15.9 Å². The molecule has 9 heteroatoms. The standard InChI is InChI=1S/C23H30N2O6S/c1-18-5-3-4-6-21(18)31-14-11-24-23(26)10-7-19-17-20(8-9-22(19)29-2)32(27,28)25-12-15-30-16-13-25/h3-6,8-9,17H,7,10-16H2,1-2H3,(H,24,26). The van der Waals surface area contributed by atoms with Gasteiger partial charge in [0.25, 0.3) is 0 Å². The molecule has 1 heterocycles. The van der Waals surface area contributed by atoms with Crippen molar-refractivity contribution in [2.24, 2.45) is 0 Å². The lowest BCUT2D eigenvalue weighted by atomic mass is 10.1. The van der Waals surface area contributed by atoms with Gasteiger partial charge in [-0.2, -0.15) is 4.31 Å². The molecule has 1 fully saturated rings. The van der Waals surface area contributed by atoms with Crippen molar-refractivity contribution >= 4 is 15.9 Å². The number of hydrogen-bond acceptors (Lipinski definition) is 6. The number of para-hydroxylation sites is 1. The minimum atomic E-state index is -3.61. The zero-order chi connectivity index (χ0) is 23.0. The van der Waals surface area contributed by atoms with Gasteiger partial charge in [-0.3, -0.25) is 4.79 Å². The molecule has 0 unspecified atom stereocenters. The second-order valence-electron chi connectivity index (χ2n) is 7.45. The largest absolute Gasteiger partial charge is 0.496 e. The highest BCUT2D eigenvalue weighted by molar-refractivity contribution is 7.89. The number of sulfonamides is 1. The summed E-state index contributed by atoms with van der Waals surface area (Å²) in [6.07, 6.45) is 0.571. The molecule has 2 aromatic rings. The van der Waals surface area contributed by atoms with Crippen molar-refractivity contribution in [3.8, 4) is 11.5 Å². The van der Waals surface area contributed by atoms with Crippen LogP contribution in [0.5, 0.6) is 11.5 Å². The van der Waals surface area contributed by atoms with Crippen LogP contribution in [0.3, 0.4) is 0 Å². The van der Waals surface area contributed by atoms with Gasteiger partial charge in [-0.1, -0.05) is 18.2 Å². The van der Waals surface area contributed by atoms with Gasteiger partial charge in [-0.15, -0.1) is 0 Å². The first-order valence-electron chi connectivity index (χ1n) is 10.6. The Morgan fingerprint density at radius 1 is 1.12 bits per heavy atom. The van der Waals surface area contributed by atoms with E-state index in [1.54, 1.807) is 12.1 Å². The fourth-order valence-electron chi connectivity index (χ4n) is 3.45. The Kier molecular flexibility index (Phi) is 8.49. The molecule has 0 bridgehead atoms. The first-order valence-corrected chi connectivity index (χ1v) is 12.1. The Balaban J connectivity index is 1.54. The van der Waals surface area contributed by atoms with Gasteiger partial charge < -0.3 is 19.5 Å². The van der Waals surface area contributed by atoms with Gasteiger partial charge in [-0.05, 0) is 48.7 Å². The lowest BCUT2D eigenvalue weighted by molar-refractivity contribution is -0.121. The van der Waals surface area contributed by atoms with Gasteiger partial charge >= 0.3 is 0 Å². The summed E-state index contributed by atoms with van der Waals surface area (Å²) < 4.78 is 43.6. The Morgan fingerprint density at radius 3 is 2.59 bits per heavy atom. The van der Waals surface area contributed by atoms with Crippen LogP contribution in [-0.2, 0) is 26.0 Å². The second kappa shape index (κ2) is 11.3. The summed E-state index contributed by atoms with van der Waals surface area (Å²) in [6.45, 7) is 4.15. The van der Waals surface area contributed by atoms with Crippen molar-refractivity contribution < 1.29 is 27.4 Å². The van der Waals surface area contributed by atoms with Crippen LogP contribution in [0.25, 0.3) is 0 Å². The number of aryl methyl sites for hydroxylation is 2. The van der Waals surface area contributed by atoms with Gasteiger partial charge in [0, 0.05) is 19.5 Å². The lowest BCUT2D eigenvalue weighted by Crippen LogP contribution is -2.40. The summed E-state index contributed by atoms with van der Waals surface area (Å²) >= 11 is 0. The molecule has 1 amide bonds. The molecule has 0 aliphatic carbocycles. The van der Waals surface area contributed by atoms with E-state index in [1.807, 2.05) is 31.2 Å². The Morgan fingerprint density at radius 2 is 1.88 bits per heavy atom. The van der Waals surface area contributed by atoms with Crippen LogP contribution in [0.15, 0.2) is 47.4 Å². The summed E-state index contributed by atoms with van der Waals surface area (Å²) in [7, 11) is -2.09. The summed E-state index contributed by atoms with van der Waals surface area (Å²) in [5.74, 6) is 1.22. The average molecular weight is 463 g/mol. The average Bonchev–Trinajstić information content (AvgIpc) is 2.82. The first-order chi connectivity index (χ1) is 15.4. The van der Waals surface area contributed by atoms with Crippen molar-refractivity contribution in [1.29, 1.82) is 0 Å². The molecular formula is C23H30N2O6S. The van der Waals surface area contributed by atoms with Gasteiger partial charge in [-0.25, -0.2) is 8.42 Å². The molecule has 1 aliphatic heterocycles. The van der Waals surface area contributed by atoms with Crippen molar-refractivity contribution in [1.82, 2.24) is 9.62 Å². The number of ether oxygens (including phenoxy) is 3. The Bertz CT molecular complexity index is 1020. The van der Waals surface area contributed by atoms with Gasteiger partial charge in [0.15, 0.2) is 0 Å². The highest BCUT2D eigenvalue weighted by atomic mass is 32.2. The number of nitrogens with zero attached hydrogens (tertiary/aromatic N) is 1. The van der Waals surface area contributed by atoms with Crippen molar-refractivity contribution in [2.45, 2.75) is 24.7 Å². The monoisotopic (exact) mass is 462 g/mol. The lowest BCUT2D eigenvalue weighted by Gasteiger charge is -2.26. The van der Waals surface area contributed by atoms with Crippen molar-refractivity contribution in [3.05, 3.63) is 53.6 Å². The topological polar surface area (TPSA) is 94.2 Å². The van der Waals surface area contributed by atoms with E-state index in [9.17, 15) is 13.2 Å². The summed E-state index contributed by atoms with van der Waals surface area (Å²) in [5.41, 5.74) is 1.71. The number of carbonyl (C=O) groups is 1. The maximum Gasteiger partial charge on any atom is 0.243 e. The SMILES string of the molecule is COc1ccc(S(=O)(=O)N2CCOCC2)cc1CCC(=O)NCCOc1ccccc1C. The van der Waals surface area contributed by atoms with E-state index < -0.39 is 10.0 Å².